The molecular weight excluding hydrogens is 390 g/mol. The predicted octanol–water partition coefficient (Wildman–Crippen LogP) is 2.02. The number of carbonyl (C=O) groups excluding carboxylic acids is 1. The number of nitrogens with zero attached hydrogens (tertiary/aromatic N) is 2. The number of para-hydroxylation sites is 1. The van der Waals surface area contributed by atoms with Crippen LogP contribution < -0.4 is 10.2 Å². The molecule has 1 saturated heterocycles. The highest BCUT2D eigenvalue weighted by Gasteiger charge is 2.27. The number of fused-ring (bicyclic) bond motifs is 1. The molecule has 0 saturated carbocycles. The average molecular weight is 416 g/mol. The first-order valence-corrected chi connectivity index (χ1v) is 11.2. The van der Waals surface area contributed by atoms with Crippen molar-refractivity contribution in [2.75, 3.05) is 49.6 Å². The summed E-state index contributed by atoms with van der Waals surface area (Å²) < 4.78 is 32.5. The number of amides is 1. The van der Waals surface area contributed by atoms with Gasteiger partial charge < -0.3 is 15.0 Å². The van der Waals surface area contributed by atoms with Gasteiger partial charge in [0.1, 0.15) is 0 Å². The van der Waals surface area contributed by atoms with E-state index in [2.05, 4.69) is 11.4 Å². The smallest absolute Gasteiger partial charge is 0.243 e. The molecule has 2 aromatic carbocycles. The van der Waals surface area contributed by atoms with Gasteiger partial charge in [-0.25, -0.2) is 8.42 Å². The molecule has 2 aliphatic heterocycles. The van der Waals surface area contributed by atoms with Crippen LogP contribution in [0.4, 0.5) is 11.4 Å². The van der Waals surface area contributed by atoms with Gasteiger partial charge in [-0.1, -0.05) is 24.3 Å². The number of benzene rings is 2. The quantitative estimate of drug-likeness (QED) is 0.808. The number of nitrogens with one attached hydrogen (secondary N) is 1. The highest BCUT2D eigenvalue weighted by molar-refractivity contribution is 7.89. The number of anilines is 2. The Hall–Kier alpha value is -2.42. The zero-order chi connectivity index (χ0) is 20.4. The summed E-state index contributed by atoms with van der Waals surface area (Å²) in [5.74, 6) is -0.161. The van der Waals surface area contributed by atoms with E-state index in [9.17, 15) is 13.2 Å². The molecule has 0 bridgehead atoms. The summed E-state index contributed by atoms with van der Waals surface area (Å²) >= 11 is 0. The van der Waals surface area contributed by atoms with Crippen LogP contribution in [0.15, 0.2) is 47.4 Å². The fourth-order valence-corrected chi connectivity index (χ4v) is 5.20. The highest BCUT2D eigenvalue weighted by atomic mass is 32.2. The lowest BCUT2D eigenvalue weighted by atomic mass is 10.2. The van der Waals surface area contributed by atoms with Crippen molar-refractivity contribution < 1.29 is 17.9 Å². The fourth-order valence-electron chi connectivity index (χ4n) is 3.77. The Balaban J connectivity index is 1.49. The van der Waals surface area contributed by atoms with Crippen LogP contribution >= 0.6 is 0 Å². The monoisotopic (exact) mass is 415 g/mol. The highest BCUT2D eigenvalue weighted by Crippen LogP contribution is 2.28. The standard InChI is InChI=1S/C21H25N3O4S/c1-16-6-7-18(29(26,27)24-10-12-28-13-11-24)14-19(16)22-21(25)15-23-9-8-17-4-2-3-5-20(17)23/h2-7,14H,8-13,15H2,1H3,(H,22,25). The molecule has 2 aromatic rings. The number of rotatable bonds is 5. The Morgan fingerprint density at radius 3 is 2.66 bits per heavy atom. The lowest BCUT2D eigenvalue weighted by Gasteiger charge is -2.26. The van der Waals surface area contributed by atoms with E-state index in [0.29, 0.717) is 32.0 Å². The molecule has 8 heteroatoms. The molecule has 1 amide bonds. The summed E-state index contributed by atoms with van der Waals surface area (Å²) in [5, 5.41) is 2.90. The van der Waals surface area contributed by atoms with E-state index >= 15 is 0 Å². The van der Waals surface area contributed by atoms with Crippen LogP contribution in [-0.2, 0) is 26.0 Å². The molecule has 0 spiro atoms. The molecule has 1 N–H and O–H groups in total. The maximum Gasteiger partial charge on any atom is 0.243 e. The largest absolute Gasteiger partial charge is 0.379 e. The molecule has 2 heterocycles. The van der Waals surface area contributed by atoms with Gasteiger partial charge in [-0.05, 0) is 42.7 Å². The van der Waals surface area contributed by atoms with Gasteiger partial charge in [0.25, 0.3) is 0 Å². The molecule has 7 nitrogen and oxygen atoms in total. The van der Waals surface area contributed by atoms with Gasteiger partial charge in [-0.3, -0.25) is 4.79 Å². The number of carbonyl (C=O) groups is 1. The number of ether oxygens (including phenoxy) is 1. The third-order valence-electron chi connectivity index (χ3n) is 5.41. The third-order valence-corrected chi connectivity index (χ3v) is 7.30. The van der Waals surface area contributed by atoms with Crippen molar-refractivity contribution in [2.24, 2.45) is 0 Å². The van der Waals surface area contributed by atoms with Gasteiger partial charge in [0, 0.05) is 31.0 Å². The van der Waals surface area contributed by atoms with E-state index in [1.807, 2.05) is 30.0 Å². The zero-order valence-electron chi connectivity index (χ0n) is 16.4. The van der Waals surface area contributed by atoms with Gasteiger partial charge >= 0.3 is 0 Å². The molecule has 0 aliphatic carbocycles. The minimum Gasteiger partial charge on any atom is -0.379 e. The van der Waals surface area contributed by atoms with E-state index in [4.69, 9.17) is 4.74 Å². The van der Waals surface area contributed by atoms with E-state index in [1.54, 1.807) is 18.2 Å². The van der Waals surface area contributed by atoms with E-state index < -0.39 is 10.0 Å². The Kier molecular flexibility index (Phi) is 5.58. The first-order valence-electron chi connectivity index (χ1n) is 9.76. The summed E-state index contributed by atoms with van der Waals surface area (Å²) in [7, 11) is -3.61. The minimum absolute atomic E-state index is 0.161. The van der Waals surface area contributed by atoms with Crippen molar-refractivity contribution in [1.82, 2.24) is 4.31 Å². The van der Waals surface area contributed by atoms with Crippen LogP contribution in [0.25, 0.3) is 0 Å². The molecule has 4 rings (SSSR count). The first-order chi connectivity index (χ1) is 13.9. The third kappa shape index (κ3) is 4.14. The van der Waals surface area contributed by atoms with E-state index in [0.717, 1.165) is 24.2 Å². The SMILES string of the molecule is Cc1ccc(S(=O)(=O)N2CCOCC2)cc1NC(=O)CN1CCc2ccccc21. The molecule has 0 atom stereocenters. The minimum atomic E-state index is -3.61. The lowest BCUT2D eigenvalue weighted by Crippen LogP contribution is -2.40. The molecule has 0 radical (unpaired) electrons. The molecule has 0 unspecified atom stereocenters. The molecule has 154 valence electrons. The Morgan fingerprint density at radius 2 is 1.86 bits per heavy atom. The number of sulfonamides is 1. The second-order valence-corrected chi connectivity index (χ2v) is 9.28. The summed E-state index contributed by atoms with van der Waals surface area (Å²) in [5.41, 5.74) is 3.68. The van der Waals surface area contributed by atoms with Crippen LogP contribution in [0.3, 0.4) is 0 Å². The van der Waals surface area contributed by atoms with Crippen molar-refractivity contribution in [2.45, 2.75) is 18.2 Å². The average Bonchev–Trinajstić information content (AvgIpc) is 3.13. The van der Waals surface area contributed by atoms with Crippen molar-refractivity contribution in [1.29, 1.82) is 0 Å². The number of aryl methyl sites for hydroxylation is 1. The molecule has 29 heavy (non-hydrogen) atoms. The number of hydrogen-bond donors (Lipinski definition) is 1. The maximum absolute atomic E-state index is 12.9. The number of morpholine rings is 1. The normalized spacial score (nSPS) is 17.2. The van der Waals surface area contributed by atoms with Gasteiger partial charge in [0.05, 0.1) is 24.7 Å². The molecule has 2 aliphatic rings. The van der Waals surface area contributed by atoms with Gasteiger partial charge in [0.15, 0.2) is 0 Å². The van der Waals surface area contributed by atoms with Gasteiger partial charge in [-0.15, -0.1) is 0 Å². The topological polar surface area (TPSA) is 79.0 Å². The maximum atomic E-state index is 12.9. The Morgan fingerprint density at radius 1 is 1.10 bits per heavy atom. The summed E-state index contributed by atoms with van der Waals surface area (Å²) in [6, 6.07) is 13.0. The Bertz CT molecular complexity index is 1020. The van der Waals surface area contributed by atoms with E-state index in [1.165, 1.54) is 9.87 Å². The van der Waals surface area contributed by atoms with Crippen molar-refractivity contribution >= 4 is 27.3 Å². The van der Waals surface area contributed by atoms with Gasteiger partial charge in [0.2, 0.25) is 15.9 Å². The molecule has 0 aromatic heterocycles. The zero-order valence-corrected chi connectivity index (χ0v) is 17.2. The summed E-state index contributed by atoms with van der Waals surface area (Å²) in [4.78, 5) is 14.9. The second-order valence-electron chi connectivity index (χ2n) is 7.34. The first kappa shape index (κ1) is 19.9. The van der Waals surface area contributed by atoms with E-state index in [-0.39, 0.29) is 17.3 Å². The summed E-state index contributed by atoms with van der Waals surface area (Å²) in [6.45, 7) is 4.36. The van der Waals surface area contributed by atoms with Gasteiger partial charge in [-0.2, -0.15) is 4.31 Å². The van der Waals surface area contributed by atoms with Crippen LogP contribution in [0.2, 0.25) is 0 Å². The number of hydrogen-bond acceptors (Lipinski definition) is 5. The van der Waals surface area contributed by atoms with Crippen molar-refractivity contribution in [3.05, 3.63) is 53.6 Å². The molecular formula is C21H25N3O4S. The Labute approximate surface area is 171 Å². The van der Waals surface area contributed by atoms with Crippen LogP contribution in [-0.4, -0.2) is 58.0 Å². The summed E-state index contributed by atoms with van der Waals surface area (Å²) in [6.07, 6.45) is 0.926. The van der Waals surface area contributed by atoms with Crippen molar-refractivity contribution in [3.8, 4) is 0 Å². The van der Waals surface area contributed by atoms with Crippen LogP contribution in [0.1, 0.15) is 11.1 Å². The predicted molar refractivity (Wildman–Crippen MR) is 112 cm³/mol. The fraction of sp³-hybridized carbons (Fsp3) is 0.381. The molecule has 1 fully saturated rings. The lowest BCUT2D eigenvalue weighted by molar-refractivity contribution is -0.115. The van der Waals surface area contributed by atoms with Crippen molar-refractivity contribution in [3.63, 3.8) is 0 Å². The van der Waals surface area contributed by atoms with Crippen LogP contribution in [0.5, 0.6) is 0 Å². The van der Waals surface area contributed by atoms with Crippen LogP contribution in [0, 0.1) is 6.92 Å². The second kappa shape index (κ2) is 8.14.